The molecular weight excluding hydrogens is 146 g/mol. The third-order valence-electron chi connectivity index (χ3n) is 1.84. The van der Waals surface area contributed by atoms with E-state index in [0.29, 0.717) is 0 Å². The van der Waals surface area contributed by atoms with Gasteiger partial charge in [-0.05, 0) is 36.8 Å². The van der Waals surface area contributed by atoms with Crippen LogP contribution in [0.2, 0.25) is 0 Å². The van der Waals surface area contributed by atoms with E-state index in [2.05, 4.69) is 23.6 Å². The van der Waals surface area contributed by atoms with Crippen LogP contribution >= 0.6 is 0 Å². The summed E-state index contributed by atoms with van der Waals surface area (Å²) in [4.78, 5) is 0. The van der Waals surface area contributed by atoms with E-state index in [4.69, 9.17) is 0 Å². The molecule has 1 heteroatoms. The summed E-state index contributed by atoms with van der Waals surface area (Å²) in [6, 6.07) is 12.2. The molecule has 12 heavy (non-hydrogen) atoms. The van der Waals surface area contributed by atoms with E-state index in [1.54, 1.807) is 0 Å². The SMILES string of the molecule is [CH2]c1ccc(-n2cccc2)cc1. The van der Waals surface area contributed by atoms with Crippen LogP contribution in [0.15, 0.2) is 48.8 Å². The predicted octanol–water partition coefficient (Wildman–Crippen LogP) is 2.66. The Morgan fingerprint density at radius 2 is 1.50 bits per heavy atom. The molecule has 0 N–H and O–H groups in total. The second-order valence-electron chi connectivity index (χ2n) is 2.76. The smallest absolute Gasteiger partial charge is 0.0449 e. The maximum Gasteiger partial charge on any atom is 0.0449 e. The highest BCUT2D eigenvalue weighted by Crippen LogP contribution is 2.08. The fourth-order valence-electron chi connectivity index (χ4n) is 1.17. The highest BCUT2D eigenvalue weighted by molar-refractivity contribution is 5.35. The van der Waals surface area contributed by atoms with Crippen LogP contribution in [0.1, 0.15) is 5.56 Å². The highest BCUT2D eigenvalue weighted by Gasteiger charge is 1.91. The van der Waals surface area contributed by atoms with Crippen LogP contribution in [0.4, 0.5) is 0 Å². The zero-order valence-electron chi connectivity index (χ0n) is 6.77. The van der Waals surface area contributed by atoms with Crippen molar-refractivity contribution < 1.29 is 0 Å². The molecule has 1 aromatic carbocycles. The quantitative estimate of drug-likeness (QED) is 0.598. The predicted molar refractivity (Wildman–Crippen MR) is 50.2 cm³/mol. The summed E-state index contributed by atoms with van der Waals surface area (Å²) >= 11 is 0. The average molecular weight is 156 g/mol. The first kappa shape index (κ1) is 7.17. The van der Waals surface area contributed by atoms with Crippen LogP contribution in [0, 0.1) is 6.92 Å². The van der Waals surface area contributed by atoms with Crippen molar-refractivity contribution in [2.45, 2.75) is 0 Å². The number of benzene rings is 1. The summed E-state index contributed by atoms with van der Waals surface area (Å²) in [7, 11) is 0. The topological polar surface area (TPSA) is 4.93 Å². The van der Waals surface area contributed by atoms with Gasteiger partial charge < -0.3 is 4.57 Å². The van der Waals surface area contributed by atoms with Gasteiger partial charge in [0.15, 0.2) is 0 Å². The second kappa shape index (κ2) is 2.86. The molecule has 0 saturated carbocycles. The zero-order valence-corrected chi connectivity index (χ0v) is 6.77. The van der Waals surface area contributed by atoms with Crippen molar-refractivity contribution in [3.05, 3.63) is 61.3 Å². The maximum absolute atomic E-state index is 3.83. The fourth-order valence-corrected chi connectivity index (χ4v) is 1.17. The molecule has 0 bridgehead atoms. The Morgan fingerprint density at radius 1 is 0.917 bits per heavy atom. The summed E-state index contributed by atoms with van der Waals surface area (Å²) in [5.74, 6) is 0. The molecule has 2 aromatic rings. The van der Waals surface area contributed by atoms with Gasteiger partial charge in [0.1, 0.15) is 0 Å². The highest BCUT2D eigenvalue weighted by atomic mass is 14.9. The minimum absolute atomic E-state index is 1.05. The maximum atomic E-state index is 3.83. The molecule has 2 rings (SSSR count). The van der Waals surface area contributed by atoms with E-state index in [1.807, 2.05) is 36.7 Å². The molecule has 0 aliphatic carbocycles. The van der Waals surface area contributed by atoms with Crippen molar-refractivity contribution in [1.82, 2.24) is 4.57 Å². The molecule has 1 aromatic heterocycles. The third-order valence-corrected chi connectivity index (χ3v) is 1.84. The van der Waals surface area contributed by atoms with E-state index in [1.165, 1.54) is 5.69 Å². The Labute approximate surface area is 72.3 Å². The lowest BCUT2D eigenvalue weighted by Gasteiger charge is -2.01. The Kier molecular flexibility index (Phi) is 1.71. The zero-order chi connectivity index (χ0) is 8.39. The van der Waals surface area contributed by atoms with Gasteiger partial charge in [0.2, 0.25) is 0 Å². The monoisotopic (exact) mass is 156 g/mol. The molecule has 0 aliphatic heterocycles. The van der Waals surface area contributed by atoms with Crippen molar-refractivity contribution in [3.63, 3.8) is 0 Å². The largest absolute Gasteiger partial charge is 0.324 e. The van der Waals surface area contributed by atoms with Crippen LogP contribution in [0.25, 0.3) is 5.69 Å². The van der Waals surface area contributed by atoms with Gasteiger partial charge in [0.05, 0.1) is 0 Å². The molecule has 1 heterocycles. The first-order chi connectivity index (χ1) is 5.86. The first-order valence-corrected chi connectivity index (χ1v) is 3.91. The number of nitrogens with zero attached hydrogens (tertiary/aromatic N) is 1. The normalized spacial score (nSPS) is 10.1. The molecule has 0 spiro atoms. The van der Waals surface area contributed by atoms with Crippen molar-refractivity contribution in [2.75, 3.05) is 0 Å². The molecule has 0 saturated heterocycles. The van der Waals surface area contributed by atoms with E-state index >= 15 is 0 Å². The van der Waals surface area contributed by atoms with E-state index in [0.717, 1.165) is 5.56 Å². The minimum atomic E-state index is 1.05. The van der Waals surface area contributed by atoms with Gasteiger partial charge in [-0.15, -0.1) is 0 Å². The van der Waals surface area contributed by atoms with Gasteiger partial charge in [-0.25, -0.2) is 0 Å². The summed E-state index contributed by atoms with van der Waals surface area (Å²) in [6.45, 7) is 3.83. The first-order valence-electron chi connectivity index (χ1n) is 3.91. The summed E-state index contributed by atoms with van der Waals surface area (Å²) in [5, 5.41) is 0. The summed E-state index contributed by atoms with van der Waals surface area (Å²) < 4.78 is 2.07. The minimum Gasteiger partial charge on any atom is -0.324 e. The Hall–Kier alpha value is -1.50. The molecule has 0 atom stereocenters. The fraction of sp³-hybridized carbons (Fsp3) is 0. The van der Waals surface area contributed by atoms with Crippen LogP contribution in [0.3, 0.4) is 0 Å². The van der Waals surface area contributed by atoms with Crippen molar-refractivity contribution >= 4 is 0 Å². The standard InChI is InChI=1S/C11H10N/c1-10-4-6-11(7-5-10)12-8-2-3-9-12/h2-9H,1H2. The molecule has 0 amide bonds. The van der Waals surface area contributed by atoms with Gasteiger partial charge in [-0.1, -0.05) is 12.1 Å². The molecule has 0 fully saturated rings. The molecule has 59 valence electrons. The molecule has 1 nitrogen and oxygen atoms in total. The lowest BCUT2D eigenvalue weighted by atomic mass is 10.2. The Balaban J connectivity index is 2.43. The number of hydrogen-bond donors (Lipinski definition) is 0. The van der Waals surface area contributed by atoms with Gasteiger partial charge >= 0.3 is 0 Å². The van der Waals surface area contributed by atoms with Gasteiger partial charge in [0, 0.05) is 18.1 Å². The van der Waals surface area contributed by atoms with Crippen LogP contribution in [0.5, 0.6) is 0 Å². The van der Waals surface area contributed by atoms with Crippen molar-refractivity contribution in [1.29, 1.82) is 0 Å². The Bertz CT molecular complexity index is 343. The second-order valence-corrected chi connectivity index (χ2v) is 2.76. The number of aromatic nitrogens is 1. The summed E-state index contributed by atoms with van der Waals surface area (Å²) in [5.41, 5.74) is 2.22. The molecular formula is C11H10N. The average Bonchev–Trinajstić information content (AvgIpc) is 2.58. The van der Waals surface area contributed by atoms with Crippen molar-refractivity contribution in [3.8, 4) is 5.69 Å². The molecule has 0 aliphatic rings. The van der Waals surface area contributed by atoms with Gasteiger partial charge in [-0.3, -0.25) is 0 Å². The molecule has 1 radical (unpaired) electrons. The third kappa shape index (κ3) is 1.26. The van der Waals surface area contributed by atoms with E-state index in [9.17, 15) is 0 Å². The lowest BCUT2D eigenvalue weighted by Crippen LogP contribution is -1.88. The van der Waals surface area contributed by atoms with Crippen LogP contribution in [-0.2, 0) is 0 Å². The van der Waals surface area contributed by atoms with Gasteiger partial charge in [0.25, 0.3) is 0 Å². The number of hydrogen-bond acceptors (Lipinski definition) is 0. The van der Waals surface area contributed by atoms with E-state index < -0.39 is 0 Å². The summed E-state index contributed by atoms with van der Waals surface area (Å²) in [6.07, 6.45) is 4.05. The van der Waals surface area contributed by atoms with Gasteiger partial charge in [-0.2, -0.15) is 0 Å². The van der Waals surface area contributed by atoms with Crippen LogP contribution in [-0.4, -0.2) is 4.57 Å². The lowest BCUT2D eigenvalue weighted by molar-refractivity contribution is 1.08. The van der Waals surface area contributed by atoms with E-state index in [-0.39, 0.29) is 0 Å². The van der Waals surface area contributed by atoms with Crippen molar-refractivity contribution in [2.24, 2.45) is 0 Å². The van der Waals surface area contributed by atoms with Crippen LogP contribution < -0.4 is 0 Å². The Morgan fingerprint density at radius 3 is 2.08 bits per heavy atom. The number of rotatable bonds is 1. The molecule has 0 unspecified atom stereocenters.